The third kappa shape index (κ3) is 14.8. The van der Waals surface area contributed by atoms with Gasteiger partial charge in [0.25, 0.3) is 0 Å². The zero-order chi connectivity index (χ0) is 21.0. The topological polar surface area (TPSA) is 54.0 Å². The fraction of sp³-hybridized carbons (Fsp3) is 0.625. The molecule has 0 aromatic heterocycles. The van der Waals surface area contributed by atoms with Gasteiger partial charge in [-0.15, -0.1) is 0 Å². The van der Waals surface area contributed by atoms with Crippen LogP contribution in [0, 0.1) is 0 Å². The molecule has 1 aromatic carbocycles. The largest absolute Gasteiger partial charge is 0.491 e. The molecule has 5 heteroatoms. The van der Waals surface area contributed by atoms with Gasteiger partial charge in [-0.1, -0.05) is 64.2 Å². The van der Waals surface area contributed by atoms with Gasteiger partial charge in [-0.3, -0.25) is 0 Å². The van der Waals surface area contributed by atoms with Gasteiger partial charge in [0, 0.05) is 6.08 Å². The quantitative estimate of drug-likeness (QED) is 0.181. The lowest BCUT2D eigenvalue weighted by Gasteiger charge is -2.09. The number of hydrogen-bond donors (Lipinski definition) is 0. The molecule has 0 unspecified atom stereocenters. The molecule has 1 aromatic rings. The maximum Gasteiger partial charge on any atom is 0.330 e. The van der Waals surface area contributed by atoms with Crippen LogP contribution < -0.4 is 4.74 Å². The Kier molecular flexibility index (Phi) is 15.8. The summed E-state index contributed by atoms with van der Waals surface area (Å²) in [5.74, 6) is 0.435. The number of aryl methyl sites for hydroxylation is 1. The summed E-state index contributed by atoms with van der Waals surface area (Å²) >= 11 is 0. The number of esters is 1. The predicted molar refractivity (Wildman–Crippen MR) is 116 cm³/mol. The lowest BCUT2D eigenvalue weighted by molar-refractivity contribution is -0.139. The molecule has 0 N–H and O–H groups in total. The first-order valence-corrected chi connectivity index (χ1v) is 10.9. The molecule has 0 saturated carbocycles. The van der Waals surface area contributed by atoms with Crippen molar-refractivity contribution in [3.8, 4) is 5.75 Å². The molecule has 0 atom stereocenters. The minimum Gasteiger partial charge on any atom is -0.491 e. The van der Waals surface area contributed by atoms with Gasteiger partial charge in [0.2, 0.25) is 0 Å². The summed E-state index contributed by atoms with van der Waals surface area (Å²) in [5.41, 5.74) is 1.37. The molecule has 0 bridgehead atoms. The summed E-state index contributed by atoms with van der Waals surface area (Å²) in [7, 11) is 0. The Morgan fingerprint density at radius 1 is 0.828 bits per heavy atom. The number of carbonyl (C=O) groups is 1. The molecule has 0 radical (unpaired) electrons. The fourth-order valence-electron chi connectivity index (χ4n) is 2.84. The number of carbonyl (C=O) groups excluding carboxylic acids is 1. The molecule has 0 heterocycles. The highest BCUT2D eigenvalue weighted by Gasteiger charge is 1.98. The van der Waals surface area contributed by atoms with Crippen LogP contribution >= 0.6 is 0 Å². The monoisotopic (exact) mass is 406 g/mol. The van der Waals surface area contributed by atoms with Gasteiger partial charge in [-0.05, 0) is 30.5 Å². The van der Waals surface area contributed by atoms with E-state index < -0.39 is 5.97 Å². The van der Waals surface area contributed by atoms with E-state index in [9.17, 15) is 4.79 Å². The van der Waals surface area contributed by atoms with E-state index in [4.69, 9.17) is 18.9 Å². The highest BCUT2D eigenvalue weighted by atomic mass is 16.6. The van der Waals surface area contributed by atoms with Crippen molar-refractivity contribution < 1.29 is 23.7 Å². The van der Waals surface area contributed by atoms with Gasteiger partial charge in [0.1, 0.15) is 19.0 Å². The maximum absolute atomic E-state index is 10.8. The number of unbranched alkanes of at least 4 members (excludes halogenated alkanes) is 6. The minimum absolute atomic E-state index is 0.225. The molecule has 0 aliphatic carbocycles. The first-order chi connectivity index (χ1) is 14.3. The smallest absolute Gasteiger partial charge is 0.330 e. The molecule has 1 rings (SSSR count). The van der Waals surface area contributed by atoms with Crippen LogP contribution in [0.5, 0.6) is 5.75 Å². The molecule has 5 nitrogen and oxygen atoms in total. The normalized spacial score (nSPS) is 10.7. The molecule has 29 heavy (non-hydrogen) atoms. The third-order valence-electron chi connectivity index (χ3n) is 4.50. The van der Waals surface area contributed by atoms with E-state index in [0.29, 0.717) is 33.0 Å². The van der Waals surface area contributed by atoms with E-state index in [-0.39, 0.29) is 6.61 Å². The lowest BCUT2D eigenvalue weighted by Crippen LogP contribution is -2.13. The molecule has 0 aliphatic heterocycles. The zero-order valence-electron chi connectivity index (χ0n) is 18.0. The Morgan fingerprint density at radius 3 is 2.07 bits per heavy atom. The van der Waals surface area contributed by atoms with Crippen LogP contribution in [0.4, 0.5) is 0 Å². The Hall–Kier alpha value is -1.85. The molecule has 0 aliphatic rings. The first-order valence-electron chi connectivity index (χ1n) is 10.9. The SMILES string of the molecule is C=CC(=O)OCCOCCOCCOc1ccc(CCCCCCCCC)cc1. The van der Waals surface area contributed by atoms with Crippen molar-refractivity contribution in [1.29, 1.82) is 0 Å². The molecule has 164 valence electrons. The second kappa shape index (κ2) is 18.2. The lowest BCUT2D eigenvalue weighted by atomic mass is 10.0. The van der Waals surface area contributed by atoms with Crippen LogP contribution in [-0.4, -0.2) is 45.6 Å². The number of benzene rings is 1. The molecule has 0 saturated heterocycles. The van der Waals surface area contributed by atoms with Gasteiger partial charge in [-0.2, -0.15) is 0 Å². The van der Waals surface area contributed by atoms with Gasteiger partial charge in [-0.25, -0.2) is 4.79 Å². The fourth-order valence-corrected chi connectivity index (χ4v) is 2.84. The van der Waals surface area contributed by atoms with Crippen LogP contribution in [0.25, 0.3) is 0 Å². The van der Waals surface area contributed by atoms with Gasteiger partial charge < -0.3 is 18.9 Å². The average molecular weight is 407 g/mol. The van der Waals surface area contributed by atoms with Crippen molar-refractivity contribution in [2.45, 2.75) is 58.3 Å². The van der Waals surface area contributed by atoms with Crippen molar-refractivity contribution in [1.82, 2.24) is 0 Å². The van der Waals surface area contributed by atoms with Crippen molar-refractivity contribution in [3.05, 3.63) is 42.5 Å². The highest BCUT2D eigenvalue weighted by molar-refractivity contribution is 5.81. The summed E-state index contributed by atoms with van der Waals surface area (Å²) in [4.78, 5) is 10.8. The van der Waals surface area contributed by atoms with Crippen LogP contribution in [0.2, 0.25) is 0 Å². The Balaban J connectivity index is 1.95. The molecular weight excluding hydrogens is 368 g/mol. The van der Waals surface area contributed by atoms with E-state index in [1.54, 1.807) is 0 Å². The molecule has 0 amide bonds. The second-order valence-corrected chi connectivity index (χ2v) is 6.96. The van der Waals surface area contributed by atoms with Gasteiger partial charge in [0.15, 0.2) is 0 Å². The Labute approximate surface area is 176 Å². The van der Waals surface area contributed by atoms with Gasteiger partial charge in [0.05, 0.1) is 26.4 Å². The summed E-state index contributed by atoms with van der Waals surface area (Å²) < 4.78 is 21.2. The van der Waals surface area contributed by atoms with Crippen molar-refractivity contribution in [2.75, 3.05) is 39.6 Å². The number of ether oxygens (including phenoxy) is 4. The van der Waals surface area contributed by atoms with E-state index >= 15 is 0 Å². The number of hydrogen-bond acceptors (Lipinski definition) is 5. The van der Waals surface area contributed by atoms with Crippen LogP contribution in [0.3, 0.4) is 0 Å². The van der Waals surface area contributed by atoms with E-state index in [1.165, 1.54) is 50.5 Å². The van der Waals surface area contributed by atoms with Crippen LogP contribution in [-0.2, 0) is 25.4 Å². The van der Waals surface area contributed by atoms with E-state index in [1.807, 2.05) is 12.1 Å². The highest BCUT2D eigenvalue weighted by Crippen LogP contribution is 2.15. The average Bonchev–Trinajstić information content (AvgIpc) is 2.75. The first kappa shape index (κ1) is 25.2. The number of rotatable bonds is 19. The Bertz CT molecular complexity index is 527. The van der Waals surface area contributed by atoms with Crippen molar-refractivity contribution in [3.63, 3.8) is 0 Å². The van der Waals surface area contributed by atoms with Crippen LogP contribution in [0.15, 0.2) is 36.9 Å². The standard InChI is InChI=1S/C24H38O5/c1-3-5-6-7-8-9-10-11-22-12-14-23(15-13-22)28-20-18-26-16-17-27-19-21-29-24(25)4-2/h4,12-15H,2-3,5-11,16-21H2,1H3. The van der Waals surface area contributed by atoms with E-state index in [0.717, 1.165) is 18.2 Å². The summed E-state index contributed by atoms with van der Waals surface area (Å²) in [6.07, 6.45) is 11.7. The van der Waals surface area contributed by atoms with Gasteiger partial charge >= 0.3 is 5.97 Å². The van der Waals surface area contributed by atoms with Crippen LogP contribution in [0.1, 0.15) is 57.4 Å². The second-order valence-electron chi connectivity index (χ2n) is 6.96. The van der Waals surface area contributed by atoms with Crippen molar-refractivity contribution >= 4 is 5.97 Å². The molecule has 0 fully saturated rings. The minimum atomic E-state index is -0.437. The third-order valence-corrected chi connectivity index (χ3v) is 4.50. The maximum atomic E-state index is 10.8. The van der Waals surface area contributed by atoms with Crippen molar-refractivity contribution in [2.24, 2.45) is 0 Å². The summed E-state index contributed by atoms with van der Waals surface area (Å²) in [6, 6.07) is 8.37. The summed E-state index contributed by atoms with van der Waals surface area (Å²) in [6.45, 7) is 8.11. The molecule has 0 spiro atoms. The summed E-state index contributed by atoms with van der Waals surface area (Å²) in [5, 5.41) is 0. The predicted octanol–water partition coefficient (Wildman–Crippen LogP) is 5.12. The van der Waals surface area contributed by atoms with E-state index in [2.05, 4.69) is 25.6 Å². The zero-order valence-corrected chi connectivity index (χ0v) is 18.0. The Morgan fingerprint density at radius 2 is 1.41 bits per heavy atom. The molecular formula is C24H38O5.